The van der Waals surface area contributed by atoms with Crippen molar-refractivity contribution in [3.63, 3.8) is 0 Å². The molecule has 0 aromatic heterocycles. The molecule has 3 aromatic carbocycles. The second kappa shape index (κ2) is 11.0. The van der Waals surface area contributed by atoms with Crippen molar-refractivity contribution < 1.29 is 17.6 Å². The number of piperazine rings is 1. The Bertz CT molecular complexity index is 1210. The minimum Gasteiger partial charge on any atom is -0.336 e. The molecule has 0 unspecified atom stereocenters. The number of rotatable bonds is 8. The summed E-state index contributed by atoms with van der Waals surface area (Å²) in [6.07, 6.45) is 0. The second-order valence-corrected chi connectivity index (χ2v) is 10.8. The van der Waals surface area contributed by atoms with Gasteiger partial charge in [0.1, 0.15) is 5.82 Å². The fraction of sp³-hybridized carbons (Fsp3) is 0.240. The average Bonchev–Trinajstić information content (AvgIpc) is 2.86. The lowest BCUT2D eigenvalue weighted by atomic mass is 10.2. The van der Waals surface area contributed by atoms with E-state index in [0.717, 1.165) is 25.4 Å². The standard InChI is InChI=1S/C25H26FN3O3S2/c26-23-8-4-5-9-24(23)27-34(31,32)22-12-10-20(11-13-22)25(30)29-16-14-28(15-17-29)18-19-33-21-6-2-1-3-7-21/h1-13,27H,14-19H2. The number of carbonyl (C=O) groups is 1. The van der Waals surface area contributed by atoms with E-state index < -0.39 is 15.8 Å². The number of sulfonamides is 1. The summed E-state index contributed by atoms with van der Waals surface area (Å²) < 4.78 is 41.2. The predicted molar refractivity (Wildman–Crippen MR) is 133 cm³/mol. The van der Waals surface area contributed by atoms with Crippen molar-refractivity contribution in [3.05, 3.63) is 90.2 Å². The number of thioether (sulfide) groups is 1. The number of nitrogens with zero attached hydrogens (tertiary/aromatic N) is 2. The van der Waals surface area contributed by atoms with E-state index in [0.29, 0.717) is 18.7 Å². The molecule has 0 bridgehead atoms. The zero-order chi connectivity index (χ0) is 24.0. The highest BCUT2D eigenvalue weighted by Crippen LogP contribution is 2.20. The third-order valence-corrected chi connectivity index (χ3v) is 7.98. The number of nitrogens with one attached hydrogen (secondary N) is 1. The van der Waals surface area contributed by atoms with Crippen molar-refractivity contribution in [1.29, 1.82) is 0 Å². The van der Waals surface area contributed by atoms with Gasteiger partial charge in [-0.3, -0.25) is 14.4 Å². The van der Waals surface area contributed by atoms with E-state index in [1.54, 1.807) is 11.0 Å². The first-order valence-electron chi connectivity index (χ1n) is 11.0. The van der Waals surface area contributed by atoms with Gasteiger partial charge in [-0.15, -0.1) is 11.8 Å². The van der Waals surface area contributed by atoms with Gasteiger partial charge in [0, 0.05) is 48.9 Å². The van der Waals surface area contributed by atoms with Crippen LogP contribution in [0.15, 0.2) is 88.7 Å². The normalized spacial score (nSPS) is 14.7. The van der Waals surface area contributed by atoms with Gasteiger partial charge in [0.05, 0.1) is 10.6 Å². The maximum atomic E-state index is 13.8. The van der Waals surface area contributed by atoms with Crippen LogP contribution in [0, 0.1) is 5.82 Å². The minimum atomic E-state index is -3.96. The molecule has 9 heteroatoms. The maximum Gasteiger partial charge on any atom is 0.261 e. The monoisotopic (exact) mass is 499 g/mol. The molecule has 1 aliphatic rings. The van der Waals surface area contributed by atoms with E-state index in [4.69, 9.17) is 0 Å². The first-order chi connectivity index (χ1) is 16.4. The Labute approximate surface area is 203 Å². The molecule has 0 aliphatic carbocycles. The molecule has 0 spiro atoms. The van der Waals surface area contributed by atoms with Gasteiger partial charge >= 0.3 is 0 Å². The number of amides is 1. The minimum absolute atomic E-state index is 0.0342. The van der Waals surface area contributed by atoms with E-state index >= 15 is 0 Å². The summed E-state index contributed by atoms with van der Waals surface area (Å²) in [5.74, 6) is 0.217. The number of carbonyl (C=O) groups excluding carboxylic acids is 1. The molecule has 1 amide bonds. The Hall–Kier alpha value is -2.88. The molecule has 3 aromatic rings. The summed E-state index contributed by atoms with van der Waals surface area (Å²) in [6.45, 7) is 3.83. The highest BCUT2D eigenvalue weighted by atomic mass is 32.2. The molecule has 0 atom stereocenters. The average molecular weight is 500 g/mol. The number of hydrogen-bond acceptors (Lipinski definition) is 5. The summed E-state index contributed by atoms with van der Waals surface area (Å²) in [6, 6.07) is 21.6. The number of halogens is 1. The molecule has 178 valence electrons. The molecular weight excluding hydrogens is 473 g/mol. The highest BCUT2D eigenvalue weighted by Gasteiger charge is 2.23. The SMILES string of the molecule is O=C(c1ccc(S(=O)(=O)Nc2ccccc2F)cc1)N1CCN(CCSc2ccccc2)CC1. The van der Waals surface area contributed by atoms with Gasteiger partial charge < -0.3 is 4.90 Å². The number of hydrogen-bond donors (Lipinski definition) is 1. The second-order valence-electron chi connectivity index (χ2n) is 7.91. The molecule has 1 saturated heterocycles. The van der Waals surface area contributed by atoms with Crippen molar-refractivity contribution in [2.45, 2.75) is 9.79 Å². The van der Waals surface area contributed by atoms with Crippen LogP contribution < -0.4 is 4.72 Å². The van der Waals surface area contributed by atoms with Gasteiger partial charge in [-0.05, 0) is 48.5 Å². The maximum absolute atomic E-state index is 13.8. The number of anilines is 1. The molecule has 4 rings (SSSR count). The summed E-state index contributed by atoms with van der Waals surface area (Å²) >= 11 is 1.83. The van der Waals surface area contributed by atoms with Crippen molar-refractivity contribution in [3.8, 4) is 0 Å². The largest absolute Gasteiger partial charge is 0.336 e. The molecule has 0 radical (unpaired) electrons. The lowest BCUT2D eigenvalue weighted by molar-refractivity contribution is 0.0644. The van der Waals surface area contributed by atoms with Crippen molar-refractivity contribution >= 4 is 33.4 Å². The summed E-state index contributed by atoms with van der Waals surface area (Å²) in [5.41, 5.74) is 0.306. The first-order valence-corrected chi connectivity index (χ1v) is 13.5. The Kier molecular flexibility index (Phi) is 7.87. The van der Waals surface area contributed by atoms with Gasteiger partial charge in [-0.2, -0.15) is 0 Å². The van der Waals surface area contributed by atoms with Crippen LogP contribution in [-0.2, 0) is 10.0 Å². The molecule has 6 nitrogen and oxygen atoms in total. The Morgan fingerprint density at radius 1 is 0.882 bits per heavy atom. The smallest absolute Gasteiger partial charge is 0.261 e. The Morgan fingerprint density at radius 2 is 1.53 bits per heavy atom. The Morgan fingerprint density at radius 3 is 2.21 bits per heavy atom. The summed E-state index contributed by atoms with van der Waals surface area (Å²) in [5, 5.41) is 0. The molecule has 1 heterocycles. The van der Waals surface area contributed by atoms with Crippen LogP contribution in [0.5, 0.6) is 0 Å². The van der Waals surface area contributed by atoms with Crippen LogP contribution in [0.1, 0.15) is 10.4 Å². The van der Waals surface area contributed by atoms with Crippen LogP contribution in [-0.4, -0.2) is 62.6 Å². The molecular formula is C25H26FN3O3S2. The van der Waals surface area contributed by atoms with Crippen LogP contribution in [0.2, 0.25) is 0 Å². The van der Waals surface area contributed by atoms with Gasteiger partial charge in [0.2, 0.25) is 0 Å². The van der Waals surface area contributed by atoms with Crippen molar-refractivity contribution in [2.75, 3.05) is 43.2 Å². The van der Waals surface area contributed by atoms with E-state index in [1.165, 1.54) is 47.4 Å². The van der Waals surface area contributed by atoms with Gasteiger partial charge in [-0.1, -0.05) is 30.3 Å². The lowest BCUT2D eigenvalue weighted by Crippen LogP contribution is -2.49. The molecule has 1 aliphatic heterocycles. The number of para-hydroxylation sites is 1. The van der Waals surface area contributed by atoms with Gasteiger partial charge in [-0.25, -0.2) is 12.8 Å². The highest BCUT2D eigenvalue weighted by molar-refractivity contribution is 7.99. The molecule has 1 fully saturated rings. The topological polar surface area (TPSA) is 69.7 Å². The fourth-order valence-electron chi connectivity index (χ4n) is 3.69. The quantitative estimate of drug-likeness (QED) is 0.471. The van der Waals surface area contributed by atoms with Crippen LogP contribution >= 0.6 is 11.8 Å². The van der Waals surface area contributed by atoms with Crippen molar-refractivity contribution in [1.82, 2.24) is 9.80 Å². The first kappa shape index (κ1) is 24.3. The summed E-state index contributed by atoms with van der Waals surface area (Å²) in [7, 11) is -3.96. The molecule has 1 N–H and O–H groups in total. The van der Waals surface area contributed by atoms with E-state index in [1.807, 2.05) is 30.0 Å². The van der Waals surface area contributed by atoms with Crippen LogP contribution in [0.25, 0.3) is 0 Å². The molecule has 34 heavy (non-hydrogen) atoms. The van der Waals surface area contributed by atoms with E-state index in [2.05, 4.69) is 21.8 Å². The zero-order valence-corrected chi connectivity index (χ0v) is 20.2. The van der Waals surface area contributed by atoms with Crippen LogP contribution in [0.4, 0.5) is 10.1 Å². The fourth-order valence-corrected chi connectivity index (χ4v) is 5.69. The molecule has 0 saturated carbocycles. The van der Waals surface area contributed by atoms with E-state index in [9.17, 15) is 17.6 Å². The van der Waals surface area contributed by atoms with Gasteiger partial charge in [0.25, 0.3) is 15.9 Å². The van der Waals surface area contributed by atoms with Crippen LogP contribution in [0.3, 0.4) is 0 Å². The van der Waals surface area contributed by atoms with Gasteiger partial charge in [0.15, 0.2) is 0 Å². The predicted octanol–water partition coefficient (Wildman–Crippen LogP) is 4.18. The number of benzene rings is 3. The zero-order valence-electron chi connectivity index (χ0n) is 18.6. The lowest BCUT2D eigenvalue weighted by Gasteiger charge is -2.34. The summed E-state index contributed by atoms with van der Waals surface area (Å²) in [4.78, 5) is 18.3. The Balaban J connectivity index is 1.29. The third kappa shape index (κ3) is 6.16. The van der Waals surface area contributed by atoms with E-state index in [-0.39, 0.29) is 16.5 Å². The van der Waals surface area contributed by atoms with Crippen molar-refractivity contribution in [2.24, 2.45) is 0 Å². The third-order valence-electron chi connectivity index (χ3n) is 5.61.